The van der Waals surface area contributed by atoms with Crippen LogP contribution in [0, 0.1) is 6.92 Å². The van der Waals surface area contributed by atoms with Crippen LogP contribution in [0.3, 0.4) is 0 Å². The lowest BCUT2D eigenvalue weighted by Crippen LogP contribution is -2.49. The van der Waals surface area contributed by atoms with Crippen molar-refractivity contribution in [1.29, 1.82) is 0 Å². The summed E-state index contributed by atoms with van der Waals surface area (Å²) in [5.74, 6) is 0.743. The number of amides is 1. The molecule has 1 unspecified atom stereocenters. The van der Waals surface area contributed by atoms with Crippen LogP contribution in [-0.2, 0) is 4.79 Å². The first-order valence-electron chi connectivity index (χ1n) is 6.80. The topological polar surface area (TPSA) is 71.2 Å². The van der Waals surface area contributed by atoms with Crippen LogP contribution in [0.2, 0.25) is 0 Å². The van der Waals surface area contributed by atoms with E-state index in [0.29, 0.717) is 4.99 Å². The molecule has 2 heterocycles. The lowest BCUT2D eigenvalue weighted by molar-refractivity contribution is -0.122. The molecule has 0 radical (unpaired) electrons. The third kappa shape index (κ3) is 2.75. The van der Waals surface area contributed by atoms with Gasteiger partial charge in [-0.1, -0.05) is 12.2 Å². The fourth-order valence-corrected chi connectivity index (χ4v) is 2.94. The molecule has 0 saturated carbocycles. The van der Waals surface area contributed by atoms with Crippen molar-refractivity contribution in [2.75, 3.05) is 18.5 Å². The monoisotopic (exact) mass is 292 g/mol. The molecule has 1 aliphatic rings. The van der Waals surface area contributed by atoms with Gasteiger partial charge in [-0.15, -0.1) is 0 Å². The van der Waals surface area contributed by atoms with Gasteiger partial charge in [0.2, 0.25) is 5.91 Å². The number of rotatable bonds is 3. The molecule has 0 bridgehead atoms. The Balaban J connectivity index is 2.45. The van der Waals surface area contributed by atoms with E-state index in [9.17, 15) is 4.79 Å². The number of thiocarbonyl (C=S) groups is 1. The summed E-state index contributed by atoms with van der Waals surface area (Å²) in [6.07, 6.45) is 4.65. The molecule has 1 aromatic heterocycles. The van der Waals surface area contributed by atoms with Gasteiger partial charge in [-0.05, 0) is 37.8 Å². The Morgan fingerprint density at radius 2 is 2.30 bits per heavy atom. The quantitative estimate of drug-likeness (QED) is 0.817. The summed E-state index contributed by atoms with van der Waals surface area (Å²) in [7, 11) is 1.66. The van der Waals surface area contributed by atoms with Gasteiger partial charge >= 0.3 is 0 Å². The molecule has 1 fully saturated rings. The maximum absolute atomic E-state index is 12.1. The molecule has 1 saturated heterocycles. The highest BCUT2D eigenvalue weighted by atomic mass is 32.1. The van der Waals surface area contributed by atoms with E-state index >= 15 is 0 Å². The zero-order valence-corrected chi connectivity index (χ0v) is 12.7. The Bertz CT molecular complexity index is 532. The molecular weight excluding hydrogens is 272 g/mol. The molecule has 0 aromatic carbocycles. The van der Waals surface area contributed by atoms with Crippen molar-refractivity contribution in [3.05, 3.63) is 23.4 Å². The van der Waals surface area contributed by atoms with Gasteiger partial charge in [0.25, 0.3) is 0 Å². The summed E-state index contributed by atoms with van der Waals surface area (Å²) in [4.78, 5) is 18.9. The number of aryl methyl sites for hydroxylation is 1. The van der Waals surface area contributed by atoms with Crippen molar-refractivity contribution < 1.29 is 4.79 Å². The van der Waals surface area contributed by atoms with Crippen molar-refractivity contribution in [2.45, 2.75) is 32.2 Å². The number of piperidine rings is 1. The summed E-state index contributed by atoms with van der Waals surface area (Å²) < 4.78 is 0. The smallest absolute Gasteiger partial charge is 0.242 e. The Labute approximate surface area is 124 Å². The number of hydrogen-bond donors (Lipinski definition) is 2. The SMILES string of the molecule is CNC(=O)C1CCCCN1c1nccc(C)c1C(N)=S. The van der Waals surface area contributed by atoms with E-state index in [0.717, 1.165) is 42.8 Å². The minimum atomic E-state index is -0.198. The van der Waals surface area contributed by atoms with Gasteiger partial charge in [-0.3, -0.25) is 4.79 Å². The van der Waals surface area contributed by atoms with Crippen LogP contribution in [0.25, 0.3) is 0 Å². The molecule has 5 nitrogen and oxygen atoms in total. The second-order valence-corrected chi connectivity index (χ2v) is 5.45. The zero-order valence-electron chi connectivity index (χ0n) is 11.8. The number of anilines is 1. The van der Waals surface area contributed by atoms with Gasteiger partial charge in [0.1, 0.15) is 16.8 Å². The van der Waals surface area contributed by atoms with Gasteiger partial charge in [0.15, 0.2) is 0 Å². The Hall–Kier alpha value is -1.69. The number of likely N-dealkylation sites (N-methyl/N-ethyl adjacent to an activating group) is 1. The number of carbonyl (C=O) groups is 1. The molecule has 1 atom stereocenters. The maximum Gasteiger partial charge on any atom is 0.242 e. The van der Waals surface area contributed by atoms with Crippen LogP contribution < -0.4 is 16.0 Å². The van der Waals surface area contributed by atoms with Crippen LogP contribution in [0.15, 0.2) is 12.3 Å². The van der Waals surface area contributed by atoms with Gasteiger partial charge < -0.3 is 16.0 Å². The van der Waals surface area contributed by atoms with Crippen molar-refractivity contribution in [2.24, 2.45) is 5.73 Å². The van der Waals surface area contributed by atoms with E-state index in [1.807, 2.05) is 17.9 Å². The van der Waals surface area contributed by atoms with E-state index in [1.165, 1.54) is 0 Å². The first kappa shape index (κ1) is 14.7. The van der Waals surface area contributed by atoms with Crippen LogP contribution in [-0.4, -0.2) is 35.5 Å². The number of pyridine rings is 1. The predicted molar refractivity (Wildman–Crippen MR) is 83.9 cm³/mol. The van der Waals surface area contributed by atoms with Crippen molar-refractivity contribution >= 4 is 28.9 Å². The van der Waals surface area contributed by atoms with Crippen molar-refractivity contribution in [1.82, 2.24) is 10.3 Å². The molecule has 0 spiro atoms. The molecular formula is C14H20N4OS. The summed E-state index contributed by atoms with van der Waals surface area (Å²) >= 11 is 5.15. The first-order chi connectivity index (χ1) is 9.56. The van der Waals surface area contributed by atoms with E-state index < -0.39 is 0 Å². The highest BCUT2D eigenvalue weighted by molar-refractivity contribution is 7.80. The van der Waals surface area contributed by atoms with Crippen LogP contribution in [0.5, 0.6) is 0 Å². The minimum Gasteiger partial charge on any atom is -0.389 e. The van der Waals surface area contributed by atoms with E-state index in [-0.39, 0.29) is 11.9 Å². The third-order valence-electron chi connectivity index (χ3n) is 3.71. The number of carbonyl (C=O) groups excluding carboxylic acids is 1. The predicted octanol–water partition coefficient (Wildman–Crippen LogP) is 1.13. The normalized spacial score (nSPS) is 18.7. The molecule has 1 aliphatic heterocycles. The molecule has 3 N–H and O–H groups in total. The summed E-state index contributed by atoms with van der Waals surface area (Å²) in [5.41, 5.74) is 7.61. The lowest BCUT2D eigenvalue weighted by Gasteiger charge is -2.36. The first-order valence-corrected chi connectivity index (χ1v) is 7.20. The summed E-state index contributed by atoms with van der Waals surface area (Å²) in [6, 6.07) is 1.69. The number of aromatic nitrogens is 1. The molecule has 2 rings (SSSR count). The highest BCUT2D eigenvalue weighted by Gasteiger charge is 2.31. The Morgan fingerprint density at radius 3 is 2.95 bits per heavy atom. The Morgan fingerprint density at radius 1 is 1.55 bits per heavy atom. The van der Waals surface area contributed by atoms with Crippen LogP contribution in [0.1, 0.15) is 30.4 Å². The van der Waals surface area contributed by atoms with Crippen LogP contribution >= 0.6 is 12.2 Å². The Kier molecular flexibility index (Phi) is 4.54. The van der Waals surface area contributed by atoms with E-state index in [4.69, 9.17) is 18.0 Å². The zero-order chi connectivity index (χ0) is 14.7. The number of nitrogens with zero attached hydrogens (tertiary/aromatic N) is 2. The van der Waals surface area contributed by atoms with Gasteiger partial charge in [-0.2, -0.15) is 0 Å². The van der Waals surface area contributed by atoms with Gasteiger partial charge in [-0.25, -0.2) is 4.98 Å². The molecule has 0 aliphatic carbocycles. The van der Waals surface area contributed by atoms with Gasteiger partial charge in [0, 0.05) is 19.8 Å². The number of nitrogens with one attached hydrogen (secondary N) is 1. The minimum absolute atomic E-state index is 0.0156. The number of nitrogens with two attached hydrogens (primary N) is 1. The molecule has 20 heavy (non-hydrogen) atoms. The standard InChI is InChI=1S/C14H20N4OS/c1-9-6-7-17-13(11(9)12(15)20)18-8-4-3-5-10(18)14(19)16-2/h6-7,10H,3-5,8H2,1-2H3,(H2,15,20)(H,16,19). The molecule has 1 aromatic rings. The van der Waals surface area contributed by atoms with Gasteiger partial charge in [0.05, 0.1) is 5.56 Å². The summed E-state index contributed by atoms with van der Waals surface area (Å²) in [6.45, 7) is 2.75. The average Bonchev–Trinajstić information content (AvgIpc) is 2.45. The van der Waals surface area contributed by atoms with E-state index in [2.05, 4.69) is 10.3 Å². The van der Waals surface area contributed by atoms with Crippen LogP contribution in [0.4, 0.5) is 5.82 Å². The maximum atomic E-state index is 12.1. The molecule has 108 valence electrons. The lowest BCUT2D eigenvalue weighted by atomic mass is 9.99. The average molecular weight is 292 g/mol. The third-order valence-corrected chi connectivity index (χ3v) is 3.91. The highest BCUT2D eigenvalue weighted by Crippen LogP contribution is 2.27. The molecule has 1 amide bonds. The van der Waals surface area contributed by atoms with Crippen molar-refractivity contribution in [3.63, 3.8) is 0 Å². The van der Waals surface area contributed by atoms with Crippen molar-refractivity contribution in [3.8, 4) is 0 Å². The fraction of sp³-hybridized carbons (Fsp3) is 0.500. The second-order valence-electron chi connectivity index (χ2n) is 5.01. The van der Waals surface area contributed by atoms with E-state index in [1.54, 1.807) is 13.2 Å². The fourth-order valence-electron chi connectivity index (χ4n) is 2.69. The number of hydrogen-bond acceptors (Lipinski definition) is 4. The molecule has 6 heteroatoms. The summed E-state index contributed by atoms with van der Waals surface area (Å²) in [5, 5.41) is 2.73. The second kappa shape index (κ2) is 6.17. The largest absolute Gasteiger partial charge is 0.389 e.